The van der Waals surface area contributed by atoms with Gasteiger partial charge in [0.05, 0.1) is 5.02 Å². The third-order valence-corrected chi connectivity index (χ3v) is 4.93. The Morgan fingerprint density at radius 3 is 2.42 bits per heavy atom. The first-order valence-electron chi connectivity index (χ1n) is 8.63. The highest BCUT2D eigenvalue weighted by Crippen LogP contribution is 2.42. The van der Waals surface area contributed by atoms with E-state index in [9.17, 15) is 0 Å². The van der Waals surface area contributed by atoms with Crippen LogP contribution in [0.1, 0.15) is 62.3 Å². The van der Waals surface area contributed by atoms with Crippen LogP contribution in [0.4, 0.5) is 0 Å². The molecular formula is C21H26ClNO. The summed E-state index contributed by atoms with van der Waals surface area (Å²) in [6.45, 7) is 6.14. The van der Waals surface area contributed by atoms with E-state index in [1.54, 1.807) is 0 Å². The average Bonchev–Trinajstić information content (AvgIpc) is 2.55. The molecule has 0 saturated carbocycles. The molecule has 0 spiro atoms. The number of halogens is 1. The summed E-state index contributed by atoms with van der Waals surface area (Å²) in [5.41, 5.74) is 3.83. The van der Waals surface area contributed by atoms with Gasteiger partial charge in [-0.15, -0.1) is 0 Å². The van der Waals surface area contributed by atoms with E-state index in [0.29, 0.717) is 17.0 Å². The van der Waals surface area contributed by atoms with Gasteiger partial charge in [0.1, 0.15) is 11.4 Å². The van der Waals surface area contributed by atoms with Gasteiger partial charge < -0.3 is 10.1 Å². The first kappa shape index (κ1) is 17.3. The molecule has 0 aromatic heterocycles. The van der Waals surface area contributed by atoms with Crippen molar-refractivity contribution in [1.82, 2.24) is 5.32 Å². The normalized spacial score (nSPS) is 20.5. The molecule has 0 aliphatic heterocycles. The Balaban J connectivity index is 1.99. The molecule has 3 rings (SSSR count). The van der Waals surface area contributed by atoms with Crippen LogP contribution in [0.15, 0.2) is 42.5 Å². The van der Waals surface area contributed by atoms with Crippen LogP contribution < -0.4 is 10.1 Å². The molecule has 0 bridgehead atoms. The molecular weight excluding hydrogens is 318 g/mol. The standard InChI is InChI=1S/C21H26ClNO/c1-21(2,3)24-20-13-14(9-11-18(20)22)15-10-12-19(23-4)17-8-6-5-7-16(15)17/h5-9,11,13,15,19,23H,10,12H2,1-4H3/t15-,19-/m0/s1. The largest absolute Gasteiger partial charge is 0.487 e. The Hall–Kier alpha value is -1.51. The van der Waals surface area contributed by atoms with Gasteiger partial charge in [-0.25, -0.2) is 0 Å². The molecule has 1 aliphatic rings. The predicted molar refractivity (Wildman–Crippen MR) is 101 cm³/mol. The lowest BCUT2D eigenvalue weighted by Gasteiger charge is -2.32. The van der Waals surface area contributed by atoms with E-state index < -0.39 is 0 Å². The monoisotopic (exact) mass is 343 g/mol. The van der Waals surface area contributed by atoms with Crippen molar-refractivity contribution in [2.45, 2.75) is 51.2 Å². The molecule has 1 aliphatic carbocycles. The molecule has 2 nitrogen and oxygen atoms in total. The summed E-state index contributed by atoms with van der Waals surface area (Å²) in [6, 6.07) is 15.4. The van der Waals surface area contributed by atoms with Crippen molar-refractivity contribution < 1.29 is 4.74 Å². The second-order valence-corrected chi connectivity index (χ2v) is 7.91. The van der Waals surface area contributed by atoms with Crippen molar-refractivity contribution in [2.75, 3.05) is 7.05 Å². The van der Waals surface area contributed by atoms with Crippen molar-refractivity contribution in [3.05, 3.63) is 64.2 Å². The minimum atomic E-state index is -0.260. The fraction of sp³-hybridized carbons (Fsp3) is 0.429. The van der Waals surface area contributed by atoms with Gasteiger partial charge >= 0.3 is 0 Å². The van der Waals surface area contributed by atoms with Crippen molar-refractivity contribution in [2.24, 2.45) is 0 Å². The summed E-state index contributed by atoms with van der Waals surface area (Å²) in [7, 11) is 2.04. The van der Waals surface area contributed by atoms with Gasteiger partial charge in [-0.05, 0) is 69.5 Å². The van der Waals surface area contributed by atoms with Crippen molar-refractivity contribution in [3.8, 4) is 5.75 Å². The zero-order chi connectivity index (χ0) is 17.3. The SMILES string of the molecule is CN[C@H]1CC[C@@H](c2ccc(Cl)c(OC(C)(C)C)c2)c2ccccc21. The third-order valence-electron chi connectivity index (χ3n) is 4.61. The minimum Gasteiger partial charge on any atom is -0.487 e. The molecule has 0 fully saturated rings. The lowest BCUT2D eigenvalue weighted by atomic mass is 9.77. The van der Waals surface area contributed by atoms with E-state index in [1.165, 1.54) is 16.7 Å². The maximum atomic E-state index is 6.35. The highest BCUT2D eigenvalue weighted by molar-refractivity contribution is 6.32. The van der Waals surface area contributed by atoms with Gasteiger partial charge in [0, 0.05) is 12.0 Å². The average molecular weight is 344 g/mol. The van der Waals surface area contributed by atoms with Crippen molar-refractivity contribution >= 4 is 11.6 Å². The maximum Gasteiger partial charge on any atom is 0.138 e. The van der Waals surface area contributed by atoms with E-state index in [-0.39, 0.29) is 5.60 Å². The molecule has 0 heterocycles. The van der Waals surface area contributed by atoms with Gasteiger partial charge in [-0.3, -0.25) is 0 Å². The number of ether oxygens (including phenoxy) is 1. The van der Waals surface area contributed by atoms with Gasteiger partial charge in [-0.1, -0.05) is 41.9 Å². The van der Waals surface area contributed by atoms with E-state index >= 15 is 0 Å². The van der Waals surface area contributed by atoms with E-state index in [1.807, 2.05) is 33.9 Å². The number of nitrogens with one attached hydrogen (secondary N) is 1. The van der Waals surface area contributed by atoms with E-state index in [4.69, 9.17) is 16.3 Å². The van der Waals surface area contributed by atoms with Crippen LogP contribution in [-0.2, 0) is 0 Å². The first-order chi connectivity index (χ1) is 11.4. The van der Waals surface area contributed by atoms with Gasteiger partial charge in [0.15, 0.2) is 0 Å². The maximum absolute atomic E-state index is 6.35. The van der Waals surface area contributed by atoms with Gasteiger partial charge in [-0.2, -0.15) is 0 Å². The summed E-state index contributed by atoms with van der Waals surface area (Å²) in [6.07, 6.45) is 2.26. The lowest BCUT2D eigenvalue weighted by molar-refractivity contribution is 0.131. The molecule has 0 saturated heterocycles. The molecule has 0 amide bonds. The van der Waals surface area contributed by atoms with Crippen LogP contribution in [0.2, 0.25) is 5.02 Å². The third kappa shape index (κ3) is 3.60. The highest BCUT2D eigenvalue weighted by atomic mass is 35.5. The molecule has 2 aromatic carbocycles. The van der Waals surface area contributed by atoms with E-state index in [0.717, 1.165) is 18.6 Å². The van der Waals surface area contributed by atoms with Gasteiger partial charge in [0.25, 0.3) is 0 Å². The molecule has 3 heteroatoms. The molecule has 128 valence electrons. The van der Waals surface area contributed by atoms with E-state index in [2.05, 4.69) is 41.7 Å². The number of benzene rings is 2. The molecule has 0 unspecified atom stereocenters. The van der Waals surface area contributed by atoms with Crippen LogP contribution in [0, 0.1) is 0 Å². The topological polar surface area (TPSA) is 21.3 Å². The smallest absolute Gasteiger partial charge is 0.138 e. The van der Waals surface area contributed by atoms with Gasteiger partial charge in [0.2, 0.25) is 0 Å². The molecule has 0 radical (unpaired) electrons. The minimum absolute atomic E-state index is 0.260. The number of hydrogen-bond donors (Lipinski definition) is 1. The van der Waals surface area contributed by atoms with Crippen molar-refractivity contribution in [3.63, 3.8) is 0 Å². The van der Waals surface area contributed by atoms with Crippen LogP contribution in [-0.4, -0.2) is 12.6 Å². The molecule has 24 heavy (non-hydrogen) atoms. The summed E-state index contributed by atoms with van der Waals surface area (Å²) >= 11 is 6.35. The Morgan fingerprint density at radius 1 is 1.04 bits per heavy atom. The quantitative estimate of drug-likeness (QED) is 0.771. The summed E-state index contributed by atoms with van der Waals surface area (Å²) in [5.74, 6) is 1.17. The Kier molecular flexibility index (Phi) is 4.89. The summed E-state index contributed by atoms with van der Waals surface area (Å²) < 4.78 is 6.05. The highest BCUT2D eigenvalue weighted by Gasteiger charge is 2.27. The predicted octanol–water partition coefficient (Wildman–Crippen LogP) is 5.70. The first-order valence-corrected chi connectivity index (χ1v) is 9.01. The van der Waals surface area contributed by atoms with Crippen LogP contribution in [0.25, 0.3) is 0 Å². The molecule has 2 atom stereocenters. The summed E-state index contributed by atoms with van der Waals surface area (Å²) in [5, 5.41) is 4.11. The fourth-order valence-corrected chi connectivity index (χ4v) is 3.74. The molecule has 2 aromatic rings. The number of hydrogen-bond acceptors (Lipinski definition) is 2. The fourth-order valence-electron chi connectivity index (χ4n) is 3.58. The lowest BCUT2D eigenvalue weighted by Crippen LogP contribution is -2.25. The zero-order valence-electron chi connectivity index (χ0n) is 14.9. The van der Waals surface area contributed by atoms with Crippen molar-refractivity contribution in [1.29, 1.82) is 0 Å². The zero-order valence-corrected chi connectivity index (χ0v) is 15.7. The van der Waals surface area contributed by atoms with Crippen LogP contribution >= 0.6 is 11.6 Å². The summed E-state index contributed by atoms with van der Waals surface area (Å²) in [4.78, 5) is 0. The second kappa shape index (κ2) is 6.78. The number of fused-ring (bicyclic) bond motifs is 1. The second-order valence-electron chi connectivity index (χ2n) is 7.50. The number of rotatable bonds is 3. The molecule has 1 N–H and O–H groups in total. The Labute approximate surface area is 150 Å². The van der Waals surface area contributed by atoms with Crippen LogP contribution in [0.3, 0.4) is 0 Å². The van der Waals surface area contributed by atoms with Crippen LogP contribution in [0.5, 0.6) is 5.75 Å². The Bertz CT molecular complexity index is 720. The Morgan fingerprint density at radius 2 is 1.75 bits per heavy atom.